The van der Waals surface area contributed by atoms with E-state index < -0.39 is 11.9 Å². The smallest absolute Gasteiger partial charge is 0.312 e. The number of methoxy groups -OCH3 is 1. The number of hydrogen-bond acceptors (Lipinski definition) is 6. The zero-order valence-electron chi connectivity index (χ0n) is 18.7. The molecule has 5 aromatic rings. The first-order chi connectivity index (χ1) is 17.0. The number of esters is 1. The molecule has 0 amide bonds. The number of pyridine rings is 1. The summed E-state index contributed by atoms with van der Waals surface area (Å²) >= 11 is 0. The Morgan fingerprint density at radius 3 is 2.60 bits per heavy atom. The first kappa shape index (κ1) is 20.9. The summed E-state index contributed by atoms with van der Waals surface area (Å²) in [5.41, 5.74) is 2.46. The van der Waals surface area contributed by atoms with Gasteiger partial charge in [-0.3, -0.25) is 14.4 Å². The predicted molar refractivity (Wildman–Crippen MR) is 131 cm³/mol. The van der Waals surface area contributed by atoms with E-state index in [0.29, 0.717) is 38.9 Å². The summed E-state index contributed by atoms with van der Waals surface area (Å²) in [6, 6.07) is 19.6. The third kappa shape index (κ3) is 3.40. The number of benzene rings is 3. The summed E-state index contributed by atoms with van der Waals surface area (Å²) in [7, 11) is 1.56. The number of nitrogens with one attached hydrogen (secondary N) is 1. The topological polar surface area (TPSA) is 98.6 Å². The van der Waals surface area contributed by atoms with E-state index in [4.69, 9.17) is 13.9 Å². The number of aromatic amines is 1. The Hall–Kier alpha value is -4.65. The fourth-order valence-corrected chi connectivity index (χ4v) is 4.72. The van der Waals surface area contributed by atoms with Crippen LogP contribution >= 0.6 is 0 Å². The molecule has 0 saturated carbocycles. The average molecular weight is 465 g/mol. The highest BCUT2D eigenvalue weighted by molar-refractivity contribution is 5.90. The van der Waals surface area contributed by atoms with Crippen LogP contribution in [-0.4, -0.2) is 18.1 Å². The van der Waals surface area contributed by atoms with Crippen LogP contribution in [0, 0.1) is 0 Å². The summed E-state index contributed by atoms with van der Waals surface area (Å²) in [4.78, 5) is 41.9. The van der Waals surface area contributed by atoms with Crippen molar-refractivity contribution in [3.8, 4) is 22.6 Å². The van der Waals surface area contributed by atoms with Crippen molar-refractivity contribution < 1.29 is 18.7 Å². The van der Waals surface area contributed by atoms with Gasteiger partial charge in [0, 0.05) is 23.1 Å². The molecule has 1 N–H and O–H groups in total. The van der Waals surface area contributed by atoms with Gasteiger partial charge in [-0.2, -0.15) is 0 Å². The number of carbonyl (C=O) groups is 1. The molecular formula is C28H19NO6. The lowest BCUT2D eigenvalue weighted by molar-refractivity contribution is -0.135. The van der Waals surface area contributed by atoms with Crippen LogP contribution < -0.4 is 20.5 Å². The van der Waals surface area contributed by atoms with Gasteiger partial charge in [0.2, 0.25) is 5.43 Å². The fourth-order valence-electron chi connectivity index (χ4n) is 4.72. The maximum absolute atomic E-state index is 13.4. The van der Waals surface area contributed by atoms with Crippen LogP contribution in [0.1, 0.15) is 23.5 Å². The molecule has 0 bridgehead atoms. The molecule has 7 nitrogen and oxygen atoms in total. The molecule has 172 valence electrons. The quantitative estimate of drug-likeness (QED) is 0.305. The Labute approximate surface area is 198 Å². The highest BCUT2D eigenvalue weighted by Gasteiger charge is 2.33. The van der Waals surface area contributed by atoms with Crippen molar-refractivity contribution in [1.29, 1.82) is 0 Å². The Balaban J connectivity index is 1.58. The number of hydrogen-bond donors (Lipinski definition) is 1. The molecule has 0 aliphatic carbocycles. The van der Waals surface area contributed by atoms with Crippen molar-refractivity contribution in [2.75, 3.05) is 7.11 Å². The van der Waals surface area contributed by atoms with Crippen molar-refractivity contribution in [3.63, 3.8) is 0 Å². The number of rotatable bonds is 3. The van der Waals surface area contributed by atoms with Gasteiger partial charge in [0.15, 0.2) is 0 Å². The molecule has 2 aromatic heterocycles. The van der Waals surface area contributed by atoms with E-state index in [1.165, 1.54) is 6.26 Å². The van der Waals surface area contributed by atoms with Crippen LogP contribution in [-0.2, 0) is 4.79 Å². The van der Waals surface area contributed by atoms with Crippen molar-refractivity contribution in [2.45, 2.75) is 12.3 Å². The molecule has 0 radical (unpaired) electrons. The van der Waals surface area contributed by atoms with E-state index in [1.54, 1.807) is 37.4 Å². The van der Waals surface area contributed by atoms with Crippen LogP contribution in [0.4, 0.5) is 0 Å². The zero-order chi connectivity index (χ0) is 24.1. The molecule has 3 aromatic carbocycles. The SMILES string of the molecule is COc1ccc2cc([C@@H]3CC(=O)Oc4ccc5c(=O)c(-c6ccccc6)coc5c43)c(=O)[nH]c2c1. The molecule has 1 aliphatic rings. The second-order valence-corrected chi connectivity index (χ2v) is 8.44. The lowest BCUT2D eigenvalue weighted by Crippen LogP contribution is -2.26. The van der Waals surface area contributed by atoms with Crippen molar-refractivity contribution in [1.82, 2.24) is 4.98 Å². The summed E-state index contributed by atoms with van der Waals surface area (Å²) in [5.74, 6) is -0.201. The van der Waals surface area contributed by atoms with E-state index in [0.717, 1.165) is 10.9 Å². The van der Waals surface area contributed by atoms with Gasteiger partial charge in [0.25, 0.3) is 5.56 Å². The second-order valence-electron chi connectivity index (χ2n) is 8.44. The maximum Gasteiger partial charge on any atom is 0.312 e. The highest BCUT2D eigenvalue weighted by atomic mass is 16.5. The van der Waals surface area contributed by atoms with Gasteiger partial charge in [0.05, 0.1) is 30.0 Å². The van der Waals surface area contributed by atoms with Crippen LogP contribution in [0.25, 0.3) is 33.0 Å². The molecule has 7 heteroatoms. The van der Waals surface area contributed by atoms with Crippen LogP contribution in [0.5, 0.6) is 11.5 Å². The van der Waals surface area contributed by atoms with Crippen molar-refractivity contribution in [2.24, 2.45) is 0 Å². The van der Waals surface area contributed by atoms with Crippen LogP contribution in [0.3, 0.4) is 0 Å². The molecule has 3 heterocycles. The minimum Gasteiger partial charge on any atom is -0.497 e. The third-order valence-electron chi connectivity index (χ3n) is 6.43. The molecule has 35 heavy (non-hydrogen) atoms. The van der Waals surface area contributed by atoms with Gasteiger partial charge in [0.1, 0.15) is 23.3 Å². The summed E-state index contributed by atoms with van der Waals surface area (Å²) in [6.45, 7) is 0. The summed E-state index contributed by atoms with van der Waals surface area (Å²) in [6.07, 6.45) is 1.37. The van der Waals surface area contributed by atoms with Crippen molar-refractivity contribution >= 4 is 27.8 Å². The molecule has 0 unspecified atom stereocenters. The van der Waals surface area contributed by atoms with Crippen LogP contribution in [0.2, 0.25) is 0 Å². The van der Waals surface area contributed by atoms with Gasteiger partial charge >= 0.3 is 5.97 Å². The van der Waals surface area contributed by atoms with E-state index in [1.807, 2.05) is 36.4 Å². The van der Waals surface area contributed by atoms with E-state index in [9.17, 15) is 14.4 Å². The molecular weight excluding hydrogens is 446 g/mol. The van der Waals surface area contributed by atoms with E-state index in [-0.39, 0.29) is 23.2 Å². The maximum atomic E-state index is 13.4. The summed E-state index contributed by atoms with van der Waals surface area (Å²) in [5, 5.41) is 1.14. The first-order valence-electron chi connectivity index (χ1n) is 11.1. The molecule has 1 atom stereocenters. The lowest BCUT2D eigenvalue weighted by atomic mass is 9.85. The number of aromatic nitrogens is 1. The Morgan fingerprint density at radius 1 is 0.971 bits per heavy atom. The minimum absolute atomic E-state index is 0.0546. The first-order valence-corrected chi connectivity index (χ1v) is 11.1. The number of H-pyrrole nitrogens is 1. The largest absolute Gasteiger partial charge is 0.497 e. The van der Waals surface area contributed by atoms with Crippen LogP contribution in [0.15, 0.2) is 87.0 Å². The summed E-state index contributed by atoms with van der Waals surface area (Å²) < 4.78 is 16.7. The zero-order valence-corrected chi connectivity index (χ0v) is 18.7. The second kappa shape index (κ2) is 7.99. The molecule has 0 fully saturated rings. The number of fused-ring (bicyclic) bond motifs is 4. The average Bonchev–Trinajstić information content (AvgIpc) is 2.88. The van der Waals surface area contributed by atoms with Gasteiger partial charge in [-0.25, -0.2) is 0 Å². The van der Waals surface area contributed by atoms with Gasteiger partial charge in [-0.15, -0.1) is 0 Å². The monoisotopic (exact) mass is 465 g/mol. The molecule has 1 aliphatic heterocycles. The molecule has 6 rings (SSSR count). The number of ether oxygens (including phenoxy) is 2. The minimum atomic E-state index is -0.643. The van der Waals surface area contributed by atoms with Gasteiger partial charge in [-0.05, 0) is 41.3 Å². The molecule has 0 saturated heterocycles. The number of carbonyl (C=O) groups excluding carboxylic acids is 1. The predicted octanol–water partition coefficient (Wildman–Crippen LogP) is 4.75. The Morgan fingerprint density at radius 2 is 1.80 bits per heavy atom. The molecule has 0 spiro atoms. The highest BCUT2D eigenvalue weighted by Crippen LogP contribution is 2.42. The van der Waals surface area contributed by atoms with Gasteiger partial charge in [-0.1, -0.05) is 30.3 Å². The third-order valence-corrected chi connectivity index (χ3v) is 6.43. The Bertz CT molecular complexity index is 1750. The van der Waals surface area contributed by atoms with E-state index in [2.05, 4.69) is 4.98 Å². The van der Waals surface area contributed by atoms with Crippen molar-refractivity contribution in [3.05, 3.63) is 105 Å². The normalized spacial score (nSPS) is 15.1. The Kier molecular flexibility index (Phi) is 4.77. The van der Waals surface area contributed by atoms with Gasteiger partial charge < -0.3 is 18.9 Å². The fraction of sp³-hybridized carbons (Fsp3) is 0.107. The standard InChI is InChI=1S/C28H19NO6/c1-33-17-8-7-16-11-20(28(32)29-22(16)12-17)19-13-24(30)35-23-10-9-18-26(31)21(14-34-27(18)25(19)23)15-5-3-2-4-6-15/h2-12,14,19H,13H2,1H3,(H,29,32)/t19-/m0/s1. The lowest BCUT2D eigenvalue weighted by Gasteiger charge is -2.25. The van der Waals surface area contributed by atoms with E-state index >= 15 is 0 Å².